The van der Waals surface area contributed by atoms with E-state index >= 15 is 0 Å². The highest BCUT2D eigenvalue weighted by Gasteiger charge is 2.31. The maximum Gasteiger partial charge on any atom is 0.119 e. The molecule has 0 radical (unpaired) electrons. The number of nitrogens with two attached hydrogens (primary N) is 1. The molecule has 1 aliphatic carbocycles. The number of hydrogen-bond donors (Lipinski definition) is 1. The Balaban J connectivity index is 2.10. The monoisotopic (exact) mass is 233 g/mol. The standard InChI is InChI=1S/C15H23NO/c1-3-17-14-6-4-13(5-7-14)15(16)10-8-12(2)9-11-15/h4-7,12H,3,8-11,16H2,1-2H3. The van der Waals surface area contributed by atoms with Crippen molar-refractivity contribution in [2.24, 2.45) is 11.7 Å². The average molecular weight is 233 g/mol. The lowest BCUT2D eigenvalue weighted by Gasteiger charge is -2.36. The maximum absolute atomic E-state index is 6.53. The molecule has 0 aromatic heterocycles. The molecule has 0 heterocycles. The lowest BCUT2D eigenvalue weighted by molar-refractivity contribution is 0.247. The summed E-state index contributed by atoms with van der Waals surface area (Å²) in [4.78, 5) is 0. The molecule has 0 bridgehead atoms. The van der Waals surface area contributed by atoms with Crippen molar-refractivity contribution < 1.29 is 4.74 Å². The van der Waals surface area contributed by atoms with E-state index in [0.29, 0.717) is 6.61 Å². The van der Waals surface area contributed by atoms with Gasteiger partial charge in [0, 0.05) is 5.54 Å². The second kappa shape index (κ2) is 5.09. The van der Waals surface area contributed by atoms with Gasteiger partial charge in [-0.25, -0.2) is 0 Å². The Hall–Kier alpha value is -1.02. The van der Waals surface area contributed by atoms with Gasteiger partial charge in [-0.2, -0.15) is 0 Å². The van der Waals surface area contributed by atoms with Crippen molar-refractivity contribution in [2.45, 2.75) is 45.1 Å². The summed E-state index contributed by atoms with van der Waals surface area (Å²) in [5.41, 5.74) is 7.67. The van der Waals surface area contributed by atoms with Crippen molar-refractivity contribution in [1.29, 1.82) is 0 Å². The smallest absolute Gasteiger partial charge is 0.119 e. The molecule has 2 rings (SSSR count). The second-order valence-corrected chi connectivity index (χ2v) is 5.30. The van der Waals surface area contributed by atoms with Gasteiger partial charge >= 0.3 is 0 Å². The Kier molecular flexibility index (Phi) is 3.72. The van der Waals surface area contributed by atoms with Gasteiger partial charge in [0.1, 0.15) is 5.75 Å². The maximum atomic E-state index is 6.53. The Labute approximate surface area is 104 Å². The zero-order valence-corrected chi connectivity index (χ0v) is 10.9. The lowest BCUT2D eigenvalue weighted by atomic mass is 9.74. The van der Waals surface area contributed by atoms with E-state index in [9.17, 15) is 0 Å². The first-order valence-electron chi connectivity index (χ1n) is 6.66. The number of hydrogen-bond acceptors (Lipinski definition) is 2. The highest BCUT2D eigenvalue weighted by Crippen LogP contribution is 2.37. The molecule has 0 aliphatic heterocycles. The molecule has 1 saturated carbocycles. The Morgan fingerprint density at radius 1 is 1.24 bits per heavy atom. The third kappa shape index (κ3) is 2.81. The van der Waals surface area contributed by atoms with E-state index in [4.69, 9.17) is 10.5 Å². The van der Waals surface area contributed by atoms with E-state index in [-0.39, 0.29) is 5.54 Å². The predicted molar refractivity (Wildman–Crippen MR) is 71.1 cm³/mol. The molecule has 0 saturated heterocycles. The fraction of sp³-hybridized carbons (Fsp3) is 0.600. The van der Waals surface area contributed by atoms with Gasteiger partial charge in [0.25, 0.3) is 0 Å². The van der Waals surface area contributed by atoms with Crippen molar-refractivity contribution in [3.63, 3.8) is 0 Å². The Bertz CT molecular complexity index is 350. The SMILES string of the molecule is CCOc1ccc(C2(N)CCC(C)CC2)cc1. The molecule has 1 aliphatic rings. The first-order chi connectivity index (χ1) is 8.14. The van der Waals surface area contributed by atoms with Gasteiger partial charge in [0.05, 0.1) is 6.61 Å². The third-order valence-corrected chi connectivity index (χ3v) is 3.91. The summed E-state index contributed by atoms with van der Waals surface area (Å²) in [5.74, 6) is 1.76. The summed E-state index contributed by atoms with van der Waals surface area (Å²) in [6, 6.07) is 8.32. The molecule has 2 nitrogen and oxygen atoms in total. The molecule has 2 heteroatoms. The molecule has 1 aromatic rings. The summed E-state index contributed by atoms with van der Waals surface area (Å²) in [6.07, 6.45) is 4.68. The molecule has 0 unspecified atom stereocenters. The molecule has 1 aromatic carbocycles. The molecule has 1 fully saturated rings. The number of rotatable bonds is 3. The van der Waals surface area contributed by atoms with Crippen LogP contribution in [-0.4, -0.2) is 6.61 Å². The van der Waals surface area contributed by atoms with E-state index in [1.165, 1.54) is 18.4 Å². The summed E-state index contributed by atoms with van der Waals surface area (Å²) in [5, 5.41) is 0. The molecule has 0 spiro atoms. The quantitative estimate of drug-likeness (QED) is 0.868. The highest BCUT2D eigenvalue weighted by atomic mass is 16.5. The lowest BCUT2D eigenvalue weighted by Crippen LogP contribution is -2.40. The van der Waals surface area contributed by atoms with Crippen molar-refractivity contribution in [1.82, 2.24) is 0 Å². The molecule has 0 atom stereocenters. The van der Waals surface area contributed by atoms with Gasteiger partial charge in [-0.05, 0) is 56.2 Å². The van der Waals surface area contributed by atoms with Crippen LogP contribution < -0.4 is 10.5 Å². The Morgan fingerprint density at radius 3 is 2.35 bits per heavy atom. The van der Waals surface area contributed by atoms with Crippen LogP contribution in [0.5, 0.6) is 5.75 Å². The van der Waals surface area contributed by atoms with Gasteiger partial charge in [-0.15, -0.1) is 0 Å². The van der Waals surface area contributed by atoms with Crippen molar-refractivity contribution in [3.05, 3.63) is 29.8 Å². The first kappa shape index (κ1) is 12.4. The van der Waals surface area contributed by atoms with Gasteiger partial charge in [-0.1, -0.05) is 19.1 Å². The minimum Gasteiger partial charge on any atom is -0.494 e. The molecule has 0 amide bonds. The zero-order chi connectivity index (χ0) is 12.3. The fourth-order valence-electron chi connectivity index (χ4n) is 2.62. The van der Waals surface area contributed by atoms with Crippen LogP contribution in [0.2, 0.25) is 0 Å². The first-order valence-corrected chi connectivity index (χ1v) is 6.66. The van der Waals surface area contributed by atoms with Gasteiger partial charge in [-0.3, -0.25) is 0 Å². The van der Waals surface area contributed by atoms with E-state index in [1.807, 2.05) is 19.1 Å². The normalized spacial score (nSPS) is 29.0. The topological polar surface area (TPSA) is 35.2 Å². The predicted octanol–water partition coefficient (Wildman–Crippen LogP) is 3.45. The zero-order valence-electron chi connectivity index (χ0n) is 10.9. The molecule has 94 valence electrons. The fourth-order valence-corrected chi connectivity index (χ4v) is 2.62. The molecule has 17 heavy (non-hydrogen) atoms. The van der Waals surface area contributed by atoms with Crippen molar-refractivity contribution in [2.75, 3.05) is 6.61 Å². The van der Waals surface area contributed by atoms with Crippen LogP contribution in [0.3, 0.4) is 0 Å². The van der Waals surface area contributed by atoms with Crippen LogP contribution in [0.1, 0.15) is 45.1 Å². The van der Waals surface area contributed by atoms with E-state index < -0.39 is 0 Å². The van der Waals surface area contributed by atoms with Crippen molar-refractivity contribution in [3.8, 4) is 5.75 Å². The summed E-state index contributed by atoms with van der Waals surface area (Å²) < 4.78 is 5.46. The summed E-state index contributed by atoms with van der Waals surface area (Å²) in [6.45, 7) is 5.03. The number of benzene rings is 1. The Morgan fingerprint density at radius 2 is 1.82 bits per heavy atom. The minimum atomic E-state index is -0.114. The van der Waals surface area contributed by atoms with Crippen LogP contribution in [0.15, 0.2) is 24.3 Å². The summed E-state index contributed by atoms with van der Waals surface area (Å²) >= 11 is 0. The average Bonchev–Trinajstić information content (AvgIpc) is 2.35. The van der Waals surface area contributed by atoms with E-state index in [1.54, 1.807) is 0 Å². The van der Waals surface area contributed by atoms with Crippen molar-refractivity contribution >= 4 is 0 Å². The molecular weight excluding hydrogens is 210 g/mol. The highest BCUT2D eigenvalue weighted by molar-refractivity contribution is 5.32. The van der Waals surface area contributed by atoms with Gasteiger partial charge < -0.3 is 10.5 Å². The third-order valence-electron chi connectivity index (χ3n) is 3.91. The van der Waals surface area contributed by atoms with Crippen LogP contribution >= 0.6 is 0 Å². The molecular formula is C15H23NO. The molecule has 2 N–H and O–H groups in total. The van der Waals surface area contributed by atoms with Crippen LogP contribution in [-0.2, 0) is 5.54 Å². The van der Waals surface area contributed by atoms with E-state index in [2.05, 4.69) is 19.1 Å². The number of ether oxygens (including phenoxy) is 1. The second-order valence-electron chi connectivity index (χ2n) is 5.30. The largest absolute Gasteiger partial charge is 0.494 e. The minimum absolute atomic E-state index is 0.114. The summed E-state index contributed by atoms with van der Waals surface area (Å²) in [7, 11) is 0. The van der Waals surface area contributed by atoms with Gasteiger partial charge in [0.2, 0.25) is 0 Å². The van der Waals surface area contributed by atoms with Crippen LogP contribution in [0.25, 0.3) is 0 Å². The van der Waals surface area contributed by atoms with Gasteiger partial charge in [0.15, 0.2) is 0 Å². The van der Waals surface area contributed by atoms with Crippen LogP contribution in [0.4, 0.5) is 0 Å². The van der Waals surface area contributed by atoms with E-state index in [0.717, 1.165) is 24.5 Å². The van der Waals surface area contributed by atoms with Crippen LogP contribution in [0, 0.1) is 5.92 Å².